The SMILES string of the molecule is CCN(CC1CCCO1)C1CCC1C(=O)O. The molecule has 1 saturated heterocycles. The molecule has 0 radical (unpaired) electrons. The molecular formula is C12H21NO3. The van der Waals surface area contributed by atoms with Gasteiger partial charge in [-0.1, -0.05) is 6.92 Å². The van der Waals surface area contributed by atoms with Crippen molar-refractivity contribution in [1.82, 2.24) is 4.90 Å². The van der Waals surface area contributed by atoms with E-state index in [2.05, 4.69) is 11.8 Å². The van der Waals surface area contributed by atoms with Crippen molar-refractivity contribution in [2.45, 2.75) is 44.8 Å². The highest BCUT2D eigenvalue weighted by atomic mass is 16.5. The van der Waals surface area contributed by atoms with Crippen LogP contribution >= 0.6 is 0 Å². The molecule has 0 aromatic rings. The maximum absolute atomic E-state index is 11.0. The molecule has 1 aliphatic heterocycles. The average Bonchev–Trinajstić information content (AvgIpc) is 2.66. The summed E-state index contributed by atoms with van der Waals surface area (Å²) in [7, 11) is 0. The van der Waals surface area contributed by atoms with Gasteiger partial charge < -0.3 is 9.84 Å². The summed E-state index contributed by atoms with van der Waals surface area (Å²) in [5.74, 6) is -0.789. The van der Waals surface area contributed by atoms with Crippen molar-refractivity contribution < 1.29 is 14.6 Å². The van der Waals surface area contributed by atoms with Gasteiger partial charge in [-0.3, -0.25) is 9.69 Å². The van der Waals surface area contributed by atoms with Crippen molar-refractivity contribution in [2.75, 3.05) is 19.7 Å². The number of carbonyl (C=O) groups is 1. The van der Waals surface area contributed by atoms with Gasteiger partial charge >= 0.3 is 5.97 Å². The zero-order valence-corrected chi connectivity index (χ0v) is 9.89. The number of carboxylic acid groups (broad SMARTS) is 1. The zero-order valence-electron chi connectivity index (χ0n) is 9.89. The second kappa shape index (κ2) is 5.15. The molecule has 0 aromatic heterocycles. The lowest BCUT2D eigenvalue weighted by molar-refractivity contribution is -0.149. The molecule has 2 rings (SSSR count). The first kappa shape index (κ1) is 11.9. The smallest absolute Gasteiger partial charge is 0.308 e. The minimum Gasteiger partial charge on any atom is -0.481 e. The number of rotatable bonds is 5. The molecule has 1 heterocycles. The lowest BCUT2D eigenvalue weighted by atomic mass is 9.78. The molecule has 0 spiro atoms. The van der Waals surface area contributed by atoms with E-state index < -0.39 is 5.97 Å². The lowest BCUT2D eigenvalue weighted by Gasteiger charge is -2.42. The summed E-state index contributed by atoms with van der Waals surface area (Å²) in [5.41, 5.74) is 0. The first-order valence-electron chi connectivity index (χ1n) is 6.30. The van der Waals surface area contributed by atoms with Gasteiger partial charge in [0.15, 0.2) is 0 Å². The van der Waals surface area contributed by atoms with Crippen LogP contribution in [0.25, 0.3) is 0 Å². The number of likely N-dealkylation sites (N-methyl/N-ethyl adjacent to an activating group) is 1. The van der Waals surface area contributed by atoms with Gasteiger partial charge in [-0.05, 0) is 32.2 Å². The molecule has 2 aliphatic rings. The van der Waals surface area contributed by atoms with Crippen molar-refractivity contribution in [1.29, 1.82) is 0 Å². The molecule has 16 heavy (non-hydrogen) atoms. The van der Waals surface area contributed by atoms with Crippen LogP contribution in [0.1, 0.15) is 32.6 Å². The summed E-state index contributed by atoms with van der Waals surface area (Å²) in [6, 6.07) is 0.242. The number of hydrogen-bond donors (Lipinski definition) is 1. The zero-order chi connectivity index (χ0) is 11.5. The minimum absolute atomic E-state index is 0.152. The van der Waals surface area contributed by atoms with Gasteiger partial charge in [0.25, 0.3) is 0 Å². The Hall–Kier alpha value is -0.610. The molecule has 0 amide bonds. The van der Waals surface area contributed by atoms with Crippen LogP contribution in [0.2, 0.25) is 0 Å². The normalized spacial score (nSPS) is 34.0. The van der Waals surface area contributed by atoms with Gasteiger partial charge in [0.1, 0.15) is 0 Å². The largest absolute Gasteiger partial charge is 0.481 e. The highest BCUT2D eigenvalue weighted by Gasteiger charge is 2.40. The molecule has 0 bridgehead atoms. The molecule has 3 unspecified atom stereocenters. The van der Waals surface area contributed by atoms with Crippen molar-refractivity contribution >= 4 is 5.97 Å². The Morgan fingerprint density at radius 3 is 2.69 bits per heavy atom. The molecule has 1 N–H and O–H groups in total. The fourth-order valence-corrected chi connectivity index (χ4v) is 2.76. The van der Waals surface area contributed by atoms with Crippen LogP contribution in [0.5, 0.6) is 0 Å². The minimum atomic E-state index is -0.637. The van der Waals surface area contributed by atoms with E-state index >= 15 is 0 Å². The number of ether oxygens (including phenoxy) is 1. The van der Waals surface area contributed by atoms with E-state index in [0.29, 0.717) is 6.10 Å². The molecule has 4 heteroatoms. The van der Waals surface area contributed by atoms with Gasteiger partial charge in [0.05, 0.1) is 12.0 Å². The van der Waals surface area contributed by atoms with Crippen LogP contribution in [0.4, 0.5) is 0 Å². The van der Waals surface area contributed by atoms with Crippen LogP contribution in [0.15, 0.2) is 0 Å². The van der Waals surface area contributed by atoms with E-state index in [1.54, 1.807) is 0 Å². The molecule has 92 valence electrons. The Kier molecular flexibility index (Phi) is 3.82. The Morgan fingerprint density at radius 2 is 2.25 bits per heavy atom. The predicted molar refractivity (Wildman–Crippen MR) is 60.4 cm³/mol. The van der Waals surface area contributed by atoms with Gasteiger partial charge in [0, 0.05) is 19.2 Å². The molecule has 3 atom stereocenters. The fourth-order valence-electron chi connectivity index (χ4n) is 2.76. The first-order chi connectivity index (χ1) is 7.72. The summed E-state index contributed by atoms with van der Waals surface area (Å²) < 4.78 is 5.61. The highest BCUT2D eigenvalue weighted by molar-refractivity contribution is 5.72. The van der Waals surface area contributed by atoms with E-state index in [9.17, 15) is 4.79 Å². The monoisotopic (exact) mass is 227 g/mol. The summed E-state index contributed by atoms with van der Waals surface area (Å²) in [6.07, 6.45) is 4.46. The van der Waals surface area contributed by atoms with Crippen molar-refractivity contribution in [2.24, 2.45) is 5.92 Å². The maximum Gasteiger partial charge on any atom is 0.308 e. The van der Waals surface area contributed by atoms with Crippen molar-refractivity contribution in [3.8, 4) is 0 Å². The number of hydrogen-bond acceptors (Lipinski definition) is 3. The maximum atomic E-state index is 11.0. The third-order valence-electron chi connectivity index (χ3n) is 3.89. The lowest BCUT2D eigenvalue weighted by Crippen LogP contribution is -2.52. The number of aliphatic carboxylic acids is 1. The Bertz CT molecular complexity index is 251. The predicted octanol–water partition coefficient (Wildman–Crippen LogP) is 1.35. The van der Waals surface area contributed by atoms with Crippen LogP contribution in [0.3, 0.4) is 0 Å². The van der Waals surface area contributed by atoms with E-state index in [1.807, 2.05) is 0 Å². The molecule has 1 saturated carbocycles. The second-order valence-electron chi connectivity index (χ2n) is 4.81. The second-order valence-corrected chi connectivity index (χ2v) is 4.81. The highest BCUT2D eigenvalue weighted by Crippen LogP contribution is 2.33. The third-order valence-corrected chi connectivity index (χ3v) is 3.89. The molecule has 1 aliphatic carbocycles. The van der Waals surface area contributed by atoms with Crippen LogP contribution in [-0.4, -0.2) is 47.8 Å². The Labute approximate surface area is 96.6 Å². The van der Waals surface area contributed by atoms with E-state index in [1.165, 1.54) is 0 Å². The summed E-state index contributed by atoms with van der Waals surface area (Å²) in [6.45, 7) is 4.81. The number of nitrogens with zero attached hydrogens (tertiary/aromatic N) is 1. The van der Waals surface area contributed by atoms with Gasteiger partial charge in [-0.15, -0.1) is 0 Å². The topological polar surface area (TPSA) is 49.8 Å². The third kappa shape index (κ3) is 2.38. The van der Waals surface area contributed by atoms with Crippen LogP contribution in [0, 0.1) is 5.92 Å². The first-order valence-corrected chi connectivity index (χ1v) is 6.30. The fraction of sp³-hybridized carbons (Fsp3) is 0.917. The van der Waals surface area contributed by atoms with Gasteiger partial charge in [0.2, 0.25) is 0 Å². The molecule has 4 nitrogen and oxygen atoms in total. The van der Waals surface area contributed by atoms with Crippen molar-refractivity contribution in [3.05, 3.63) is 0 Å². The molecule has 0 aromatic carbocycles. The van der Waals surface area contributed by atoms with Crippen LogP contribution < -0.4 is 0 Å². The van der Waals surface area contributed by atoms with E-state index in [4.69, 9.17) is 9.84 Å². The van der Waals surface area contributed by atoms with Gasteiger partial charge in [-0.2, -0.15) is 0 Å². The molecular weight excluding hydrogens is 206 g/mol. The van der Waals surface area contributed by atoms with Gasteiger partial charge in [-0.25, -0.2) is 0 Å². The van der Waals surface area contributed by atoms with Crippen LogP contribution in [-0.2, 0) is 9.53 Å². The summed E-state index contributed by atoms with van der Waals surface area (Å²) >= 11 is 0. The summed E-state index contributed by atoms with van der Waals surface area (Å²) in [4.78, 5) is 13.3. The van der Waals surface area contributed by atoms with E-state index in [-0.39, 0.29) is 12.0 Å². The average molecular weight is 227 g/mol. The summed E-state index contributed by atoms with van der Waals surface area (Å²) in [5, 5.41) is 9.05. The standard InChI is InChI=1S/C12H21NO3/c1-2-13(8-9-4-3-7-16-9)11-6-5-10(11)12(14)15/h9-11H,2-8H2,1H3,(H,14,15). The Balaban J connectivity index is 1.86. The molecule has 2 fully saturated rings. The van der Waals surface area contributed by atoms with Crippen molar-refractivity contribution in [3.63, 3.8) is 0 Å². The van der Waals surface area contributed by atoms with E-state index in [0.717, 1.165) is 45.4 Å². The Morgan fingerprint density at radius 1 is 1.44 bits per heavy atom. The number of carboxylic acids is 1. The quantitative estimate of drug-likeness (QED) is 0.770.